The lowest BCUT2D eigenvalue weighted by Gasteiger charge is -2.35. The van der Waals surface area contributed by atoms with Gasteiger partial charge in [-0.15, -0.1) is 0 Å². The van der Waals surface area contributed by atoms with E-state index < -0.39 is 0 Å². The number of imidazole rings is 1. The number of aryl methyl sites for hydroxylation is 1. The Kier molecular flexibility index (Phi) is 6.80. The number of likely N-dealkylation sites (tertiary alicyclic amines) is 1. The minimum absolute atomic E-state index is 0.135. The SMILES string of the molecule is CCN(Cc1nc2ccccc2n1C)C[C@H]1CCCN(CCc2cccc(F)c2)C1. The molecule has 3 aromatic rings. The van der Waals surface area contributed by atoms with Gasteiger partial charge in [-0.05, 0) is 68.1 Å². The molecule has 30 heavy (non-hydrogen) atoms. The molecule has 4 rings (SSSR count). The number of para-hydroxylation sites is 2. The molecule has 160 valence electrons. The van der Waals surface area contributed by atoms with E-state index in [4.69, 9.17) is 4.98 Å². The molecule has 2 aromatic carbocycles. The monoisotopic (exact) mass is 408 g/mol. The lowest BCUT2D eigenvalue weighted by Crippen LogP contribution is -2.41. The first-order chi connectivity index (χ1) is 14.6. The minimum Gasteiger partial charge on any atom is -0.330 e. The zero-order valence-electron chi connectivity index (χ0n) is 18.2. The molecule has 1 aromatic heterocycles. The highest BCUT2D eigenvalue weighted by Gasteiger charge is 2.22. The molecule has 0 saturated carbocycles. The van der Waals surface area contributed by atoms with Crippen molar-refractivity contribution in [3.05, 3.63) is 65.7 Å². The molecule has 4 nitrogen and oxygen atoms in total. The van der Waals surface area contributed by atoms with Crippen molar-refractivity contribution in [2.45, 2.75) is 32.7 Å². The molecule has 2 heterocycles. The van der Waals surface area contributed by atoms with Crippen LogP contribution in [0.5, 0.6) is 0 Å². The van der Waals surface area contributed by atoms with Gasteiger partial charge in [-0.1, -0.05) is 31.2 Å². The van der Waals surface area contributed by atoms with Crippen LogP contribution in [0.2, 0.25) is 0 Å². The molecule has 0 amide bonds. The van der Waals surface area contributed by atoms with Crippen LogP contribution in [0.3, 0.4) is 0 Å². The lowest BCUT2D eigenvalue weighted by atomic mass is 9.97. The second kappa shape index (κ2) is 9.71. The molecule has 0 unspecified atom stereocenters. The molecule has 0 N–H and O–H groups in total. The van der Waals surface area contributed by atoms with Crippen LogP contribution in [0.15, 0.2) is 48.5 Å². The maximum absolute atomic E-state index is 13.4. The first-order valence-electron chi connectivity index (χ1n) is 11.2. The predicted molar refractivity (Wildman–Crippen MR) is 121 cm³/mol. The molecule has 1 fully saturated rings. The van der Waals surface area contributed by atoms with Gasteiger partial charge in [0.15, 0.2) is 0 Å². The number of hydrogen-bond donors (Lipinski definition) is 0. The summed E-state index contributed by atoms with van der Waals surface area (Å²) in [7, 11) is 2.12. The number of hydrogen-bond acceptors (Lipinski definition) is 3. The third kappa shape index (κ3) is 5.08. The van der Waals surface area contributed by atoms with Crippen molar-refractivity contribution in [3.63, 3.8) is 0 Å². The first-order valence-corrected chi connectivity index (χ1v) is 11.2. The summed E-state index contributed by atoms with van der Waals surface area (Å²) in [5.74, 6) is 1.68. The van der Waals surface area contributed by atoms with E-state index in [2.05, 4.69) is 52.6 Å². The van der Waals surface area contributed by atoms with E-state index in [0.29, 0.717) is 5.92 Å². The number of nitrogens with zero attached hydrogens (tertiary/aromatic N) is 4. The molecule has 0 spiro atoms. The average Bonchev–Trinajstić information content (AvgIpc) is 3.08. The van der Waals surface area contributed by atoms with E-state index in [1.807, 2.05) is 12.1 Å². The Morgan fingerprint density at radius 2 is 2.03 bits per heavy atom. The fourth-order valence-electron chi connectivity index (χ4n) is 4.69. The number of benzene rings is 2. The average molecular weight is 409 g/mol. The van der Waals surface area contributed by atoms with Crippen LogP contribution in [-0.2, 0) is 20.0 Å². The van der Waals surface area contributed by atoms with Crippen LogP contribution < -0.4 is 0 Å². The Bertz CT molecular complexity index is 967. The van der Waals surface area contributed by atoms with Crippen molar-refractivity contribution in [3.8, 4) is 0 Å². The molecule has 1 atom stereocenters. The Hall–Kier alpha value is -2.24. The van der Waals surface area contributed by atoms with Gasteiger partial charge in [0.1, 0.15) is 11.6 Å². The van der Waals surface area contributed by atoms with E-state index in [9.17, 15) is 4.39 Å². The van der Waals surface area contributed by atoms with Crippen molar-refractivity contribution < 1.29 is 4.39 Å². The zero-order chi connectivity index (χ0) is 20.9. The van der Waals surface area contributed by atoms with E-state index in [0.717, 1.165) is 62.6 Å². The van der Waals surface area contributed by atoms with Crippen molar-refractivity contribution in [1.82, 2.24) is 19.4 Å². The summed E-state index contributed by atoms with van der Waals surface area (Å²) < 4.78 is 15.7. The largest absolute Gasteiger partial charge is 0.330 e. The molecular weight excluding hydrogens is 375 g/mol. The third-order valence-electron chi connectivity index (χ3n) is 6.42. The van der Waals surface area contributed by atoms with Gasteiger partial charge in [0.05, 0.1) is 17.6 Å². The highest BCUT2D eigenvalue weighted by atomic mass is 19.1. The molecular formula is C25H33FN4. The van der Waals surface area contributed by atoms with Crippen molar-refractivity contribution >= 4 is 11.0 Å². The van der Waals surface area contributed by atoms with Crippen LogP contribution in [-0.4, -0.2) is 52.1 Å². The second-order valence-electron chi connectivity index (χ2n) is 8.59. The molecule has 0 bridgehead atoms. The highest BCUT2D eigenvalue weighted by molar-refractivity contribution is 5.75. The summed E-state index contributed by atoms with van der Waals surface area (Å²) in [6.45, 7) is 8.57. The number of aromatic nitrogens is 2. The zero-order valence-corrected chi connectivity index (χ0v) is 18.2. The topological polar surface area (TPSA) is 24.3 Å². The predicted octanol–water partition coefficient (Wildman–Crippen LogP) is 4.49. The van der Waals surface area contributed by atoms with Crippen molar-refractivity contribution in [2.24, 2.45) is 13.0 Å². The summed E-state index contributed by atoms with van der Waals surface area (Å²) in [5, 5.41) is 0. The van der Waals surface area contributed by atoms with Crippen LogP contribution in [0.4, 0.5) is 4.39 Å². The Labute approximate surface area is 179 Å². The quantitative estimate of drug-likeness (QED) is 0.549. The molecule has 0 radical (unpaired) electrons. The van der Waals surface area contributed by atoms with Gasteiger partial charge in [-0.3, -0.25) is 4.90 Å². The van der Waals surface area contributed by atoms with Crippen LogP contribution >= 0.6 is 0 Å². The Morgan fingerprint density at radius 3 is 2.83 bits per heavy atom. The minimum atomic E-state index is -0.135. The number of rotatable bonds is 8. The van der Waals surface area contributed by atoms with Crippen LogP contribution in [0, 0.1) is 11.7 Å². The maximum atomic E-state index is 13.4. The Balaban J connectivity index is 1.33. The summed E-state index contributed by atoms with van der Waals surface area (Å²) in [4.78, 5) is 9.95. The normalized spacial score (nSPS) is 17.8. The second-order valence-corrected chi connectivity index (χ2v) is 8.59. The molecule has 1 aliphatic heterocycles. The summed E-state index contributed by atoms with van der Waals surface area (Å²) in [6, 6.07) is 15.4. The van der Waals surface area contributed by atoms with Gasteiger partial charge in [-0.2, -0.15) is 0 Å². The summed E-state index contributed by atoms with van der Waals surface area (Å²) >= 11 is 0. The summed E-state index contributed by atoms with van der Waals surface area (Å²) in [5.41, 5.74) is 3.37. The van der Waals surface area contributed by atoms with E-state index in [1.165, 1.54) is 24.4 Å². The van der Waals surface area contributed by atoms with Gasteiger partial charge >= 0.3 is 0 Å². The van der Waals surface area contributed by atoms with E-state index in [-0.39, 0.29) is 5.82 Å². The standard InChI is InChI=1S/C25H33FN4/c1-3-29(19-25-27-23-11-4-5-12-24(23)28(25)2)17-21-9-7-14-30(18-21)15-13-20-8-6-10-22(26)16-20/h4-6,8,10-12,16,21H,3,7,9,13-15,17-19H2,1-2H3/t21-/m1/s1. The fraction of sp³-hybridized carbons (Fsp3) is 0.480. The van der Waals surface area contributed by atoms with Gasteiger partial charge in [0, 0.05) is 26.7 Å². The van der Waals surface area contributed by atoms with Gasteiger partial charge in [0.2, 0.25) is 0 Å². The van der Waals surface area contributed by atoms with Gasteiger partial charge < -0.3 is 9.47 Å². The highest BCUT2D eigenvalue weighted by Crippen LogP contribution is 2.20. The van der Waals surface area contributed by atoms with Crippen molar-refractivity contribution in [2.75, 3.05) is 32.7 Å². The summed E-state index contributed by atoms with van der Waals surface area (Å²) in [6.07, 6.45) is 3.45. The van der Waals surface area contributed by atoms with Crippen LogP contribution in [0.1, 0.15) is 31.2 Å². The van der Waals surface area contributed by atoms with E-state index in [1.54, 1.807) is 6.07 Å². The van der Waals surface area contributed by atoms with E-state index >= 15 is 0 Å². The molecule has 0 aliphatic carbocycles. The molecule has 1 saturated heterocycles. The number of fused-ring (bicyclic) bond motifs is 1. The number of halogens is 1. The smallest absolute Gasteiger partial charge is 0.123 e. The third-order valence-corrected chi connectivity index (χ3v) is 6.42. The molecule has 1 aliphatic rings. The number of piperidine rings is 1. The van der Waals surface area contributed by atoms with Gasteiger partial charge in [0.25, 0.3) is 0 Å². The molecule has 5 heteroatoms. The first kappa shape index (κ1) is 21.0. The fourth-order valence-corrected chi connectivity index (χ4v) is 4.69. The van der Waals surface area contributed by atoms with Gasteiger partial charge in [-0.25, -0.2) is 9.37 Å². The van der Waals surface area contributed by atoms with Crippen LogP contribution in [0.25, 0.3) is 11.0 Å². The van der Waals surface area contributed by atoms with Crippen molar-refractivity contribution in [1.29, 1.82) is 0 Å². The Morgan fingerprint density at radius 1 is 1.17 bits per heavy atom. The maximum Gasteiger partial charge on any atom is 0.123 e. The lowest BCUT2D eigenvalue weighted by molar-refractivity contribution is 0.131.